The number of rotatable bonds is 4. The van der Waals surface area contributed by atoms with Crippen LogP contribution in [0.3, 0.4) is 0 Å². The smallest absolute Gasteiger partial charge is 0.0398 e. The topological polar surface area (TPSA) is 12.0 Å². The van der Waals surface area contributed by atoms with E-state index in [-0.39, 0.29) is 0 Å². The van der Waals surface area contributed by atoms with Crippen molar-refractivity contribution >= 4 is 64.4 Å². The molecule has 7 aromatic carbocycles. The van der Waals surface area contributed by atoms with Gasteiger partial charge < -0.3 is 5.32 Å². The molecular weight excluding hydrogens is 502 g/mol. The third-order valence-electron chi connectivity index (χ3n) is 7.83. The van der Waals surface area contributed by atoms with Crippen LogP contribution in [-0.2, 0) is 0 Å². The van der Waals surface area contributed by atoms with Crippen molar-refractivity contribution in [3.05, 3.63) is 146 Å². The molecular formula is C38H25NS. The minimum Gasteiger partial charge on any atom is -0.355 e. The highest BCUT2D eigenvalue weighted by atomic mass is 32.1. The SMILES string of the molecule is c1ccc2c(-c3cc(-c4ccc(Nc5ccc6c(c5)sc5ccccc56)cc4)cc4ccccc34)cccc2c1. The lowest BCUT2D eigenvalue weighted by Gasteiger charge is -2.14. The first kappa shape index (κ1) is 23.0. The fourth-order valence-corrected chi connectivity index (χ4v) is 7.02. The highest BCUT2D eigenvalue weighted by Gasteiger charge is 2.11. The van der Waals surface area contributed by atoms with Gasteiger partial charge >= 0.3 is 0 Å². The predicted molar refractivity (Wildman–Crippen MR) is 175 cm³/mol. The summed E-state index contributed by atoms with van der Waals surface area (Å²) in [4.78, 5) is 0. The Morgan fingerprint density at radius 3 is 1.88 bits per heavy atom. The third-order valence-corrected chi connectivity index (χ3v) is 8.96. The van der Waals surface area contributed by atoms with Crippen molar-refractivity contribution in [2.45, 2.75) is 0 Å². The van der Waals surface area contributed by atoms with Crippen molar-refractivity contribution < 1.29 is 0 Å². The molecule has 1 N–H and O–H groups in total. The van der Waals surface area contributed by atoms with E-state index in [0.29, 0.717) is 0 Å². The van der Waals surface area contributed by atoms with E-state index in [2.05, 4.69) is 151 Å². The van der Waals surface area contributed by atoms with Gasteiger partial charge in [-0.3, -0.25) is 0 Å². The Morgan fingerprint density at radius 2 is 1.02 bits per heavy atom. The van der Waals surface area contributed by atoms with Gasteiger partial charge in [0, 0.05) is 31.5 Å². The maximum absolute atomic E-state index is 3.61. The Balaban J connectivity index is 1.16. The van der Waals surface area contributed by atoms with Crippen molar-refractivity contribution in [3.8, 4) is 22.3 Å². The second kappa shape index (κ2) is 9.37. The Kier molecular flexibility index (Phi) is 5.39. The van der Waals surface area contributed by atoms with E-state index in [0.717, 1.165) is 11.4 Å². The number of hydrogen-bond acceptors (Lipinski definition) is 2. The maximum Gasteiger partial charge on any atom is 0.0398 e. The van der Waals surface area contributed by atoms with Crippen LogP contribution in [0.4, 0.5) is 11.4 Å². The van der Waals surface area contributed by atoms with E-state index in [1.807, 2.05) is 11.3 Å². The van der Waals surface area contributed by atoms with Crippen LogP contribution in [0.15, 0.2) is 146 Å². The van der Waals surface area contributed by atoms with Crippen LogP contribution >= 0.6 is 11.3 Å². The summed E-state index contributed by atoms with van der Waals surface area (Å²) in [5.74, 6) is 0. The fraction of sp³-hybridized carbons (Fsp3) is 0. The first-order chi connectivity index (χ1) is 19.8. The first-order valence-electron chi connectivity index (χ1n) is 13.6. The summed E-state index contributed by atoms with van der Waals surface area (Å²) in [5.41, 5.74) is 7.16. The number of thiophene rings is 1. The molecule has 0 atom stereocenters. The van der Waals surface area contributed by atoms with Crippen LogP contribution in [0.5, 0.6) is 0 Å². The average molecular weight is 528 g/mol. The van der Waals surface area contributed by atoms with E-state index in [4.69, 9.17) is 0 Å². The number of benzene rings is 7. The van der Waals surface area contributed by atoms with Gasteiger partial charge in [-0.15, -0.1) is 11.3 Å². The normalized spacial score (nSPS) is 11.5. The number of nitrogens with one attached hydrogen (secondary N) is 1. The zero-order valence-electron chi connectivity index (χ0n) is 21.8. The Bertz CT molecular complexity index is 2180. The van der Waals surface area contributed by atoms with Gasteiger partial charge in [0.05, 0.1) is 0 Å². The molecule has 0 bridgehead atoms. The van der Waals surface area contributed by atoms with Crippen LogP contribution in [0.2, 0.25) is 0 Å². The van der Waals surface area contributed by atoms with E-state index < -0.39 is 0 Å². The standard InChI is InChI=1S/C38H25NS/c1-3-11-31-26(8-1)10-7-14-33(31)36-23-28(22-27-9-2-4-12-32(27)36)25-16-18-29(19-17-25)39-30-20-21-35-34-13-5-6-15-37(34)40-38(35)24-30/h1-24,39H. The van der Waals surface area contributed by atoms with E-state index in [1.165, 1.54) is 64.0 Å². The zero-order valence-corrected chi connectivity index (χ0v) is 22.6. The third kappa shape index (κ3) is 3.93. The zero-order chi connectivity index (χ0) is 26.5. The van der Waals surface area contributed by atoms with E-state index in [1.54, 1.807) is 0 Å². The lowest BCUT2D eigenvalue weighted by molar-refractivity contribution is 1.56. The van der Waals surface area contributed by atoms with Crippen LogP contribution < -0.4 is 5.32 Å². The largest absolute Gasteiger partial charge is 0.355 e. The lowest BCUT2D eigenvalue weighted by Crippen LogP contribution is -1.90. The lowest BCUT2D eigenvalue weighted by atomic mass is 9.90. The molecule has 40 heavy (non-hydrogen) atoms. The molecule has 0 saturated carbocycles. The Morgan fingerprint density at radius 1 is 0.375 bits per heavy atom. The molecule has 8 rings (SSSR count). The molecule has 0 aliphatic rings. The molecule has 0 saturated heterocycles. The molecule has 188 valence electrons. The Labute approximate surface area is 237 Å². The fourth-order valence-electron chi connectivity index (χ4n) is 5.88. The minimum atomic E-state index is 1.08. The molecule has 1 heterocycles. The van der Waals surface area contributed by atoms with Crippen molar-refractivity contribution in [3.63, 3.8) is 0 Å². The monoisotopic (exact) mass is 527 g/mol. The maximum atomic E-state index is 3.61. The summed E-state index contributed by atoms with van der Waals surface area (Å²) in [6, 6.07) is 52.7. The Hall–Kier alpha value is -4.92. The summed E-state index contributed by atoms with van der Waals surface area (Å²) in [6.45, 7) is 0. The quantitative estimate of drug-likeness (QED) is 0.240. The van der Waals surface area contributed by atoms with Gasteiger partial charge in [0.2, 0.25) is 0 Å². The van der Waals surface area contributed by atoms with Crippen LogP contribution in [-0.4, -0.2) is 0 Å². The number of hydrogen-bond donors (Lipinski definition) is 1. The van der Waals surface area contributed by atoms with Crippen molar-refractivity contribution in [1.29, 1.82) is 0 Å². The molecule has 0 spiro atoms. The molecule has 0 radical (unpaired) electrons. The molecule has 0 amide bonds. The summed E-state index contributed by atoms with van der Waals surface area (Å²) in [7, 11) is 0. The van der Waals surface area contributed by atoms with Gasteiger partial charge in [-0.1, -0.05) is 103 Å². The van der Waals surface area contributed by atoms with Gasteiger partial charge in [-0.25, -0.2) is 0 Å². The number of fused-ring (bicyclic) bond motifs is 5. The summed E-state index contributed by atoms with van der Waals surface area (Å²) < 4.78 is 2.64. The molecule has 0 unspecified atom stereocenters. The first-order valence-corrected chi connectivity index (χ1v) is 14.4. The molecule has 0 fully saturated rings. The molecule has 0 aliphatic heterocycles. The molecule has 0 aliphatic carbocycles. The van der Waals surface area contributed by atoms with Crippen LogP contribution in [0.1, 0.15) is 0 Å². The second-order valence-corrected chi connectivity index (χ2v) is 11.4. The predicted octanol–water partition coefficient (Wildman–Crippen LogP) is 11.4. The average Bonchev–Trinajstić information content (AvgIpc) is 3.38. The van der Waals surface area contributed by atoms with Crippen LogP contribution in [0.25, 0.3) is 64.0 Å². The van der Waals surface area contributed by atoms with Crippen LogP contribution in [0, 0.1) is 0 Å². The summed E-state index contributed by atoms with van der Waals surface area (Å²) >= 11 is 1.85. The van der Waals surface area contributed by atoms with Gasteiger partial charge in [0.25, 0.3) is 0 Å². The summed E-state index contributed by atoms with van der Waals surface area (Å²) in [5, 5.41) is 11.3. The number of anilines is 2. The second-order valence-electron chi connectivity index (χ2n) is 10.3. The van der Waals surface area contributed by atoms with Crippen molar-refractivity contribution in [1.82, 2.24) is 0 Å². The molecule has 1 nitrogen and oxygen atoms in total. The highest BCUT2D eigenvalue weighted by Crippen LogP contribution is 2.38. The molecule has 2 heteroatoms. The van der Waals surface area contributed by atoms with Gasteiger partial charge in [0.1, 0.15) is 0 Å². The van der Waals surface area contributed by atoms with Crippen molar-refractivity contribution in [2.24, 2.45) is 0 Å². The highest BCUT2D eigenvalue weighted by molar-refractivity contribution is 7.25. The van der Waals surface area contributed by atoms with Crippen molar-refractivity contribution in [2.75, 3.05) is 5.32 Å². The van der Waals surface area contributed by atoms with E-state index in [9.17, 15) is 0 Å². The van der Waals surface area contributed by atoms with Gasteiger partial charge in [-0.2, -0.15) is 0 Å². The summed E-state index contributed by atoms with van der Waals surface area (Å²) in [6.07, 6.45) is 0. The van der Waals surface area contributed by atoms with Gasteiger partial charge in [-0.05, 0) is 86.3 Å². The molecule has 8 aromatic rings. The van der Waals surface area contributed by atoms with Gasteiger partial charge in [0.15, 0.2) is 0 Å². The molecule has 1 aromatic heterocycles. The van der Waals surface area contributed by atoms with E-state index >= 15 is 0 Å². The minimum absolute atomic E-state index is 1.08.